The molecule has 0 radical (unpaired) electrons. The van der Waals surface area contributed by atoms with E-state index in [1.807, 2.05) is 29.3 Å². The number of hydrogen-bond donors (Lipinski definition) is 2. The number of nitrogens with two attached hydrogens (primary N) is 1. The number of carbonyl (C=O) groups is 1. The lowest BCUT2D eigenvalue weighted by Gasteiger charge is -2.28. The maximum Gasteiger partial charge on any atom is 0.240 e. The van der Waals surface area contributed by atoms with Crippen molar-refractivity contribution in [3.8, 4) is 0 Å². The Labute approximate surface area is 124 Å². The fourth-order valence-corrected chi connectivity index (χ4v) is 2.83. The average molecular weight is 283 g/mol. The number of nitrogens with one attached hydrogen (secondary N) is 1. The Bertz CT molecular complexity index is 686. The SMILES string of the molecule is CC1=CCN(C(=O)[C@@H](N)Cc2c[nH]c3ccccc23)CC1. The fraction of sp³-hybridized carbons (Fsp3) is 0.353. The molecule has 4 nitrogen and oxygen atoms in total. The van der Waals surface area contributed by atoms with Crippen molar-refractivity contribution in [1.29, 1.82) is 0 Å². The van der Waals surface area contributed by atoms with Crippen molar-refractivity contribution in [2.75, 3.05) is 13.1 Å². The van der Waals surface area contributed by atoms with E-state index >= 15 is 0 Å². The summed E-state index contributed by atoms with van der Waals surface area (Å²) in [7, 11) is 0. The monoisotopic (exact) mass is 283 g/mol. The third-order valence-electron chi connectivity index (χ3n) is 4.18. The molecule has 3 rings (SSSR count). The summed E-state index contributed by atoms with van der Waals surface area (Å²) in [5.41, 5.74) is 9.68. The summed E-state index contributed by atoms with van der Waals surface area (Å²) in [5.74, 6) is 0.0454. The van der Waals surface area contributed by atoms with E-state index in [9.17, 15) is 4.79 Å². The molecular formula is C17H21N3O. The van der Waals surface area contributed by atoms with Crippen molar-refractivity contribution in [1.82, 2.24) is 9.88 Å². The number of amides is 1. The number of benzene rings is 1. The minimum Gasteiger partial charge on any atom is -0.361 e. The predicted octanol–water partition coefficient (Wildman–Crippen LogP) is 2.22. The molecule has 0 saturated carbocycles. The van der Waals surface area contributed by atoms with E-state index in [4.69, 9.17) is 5.73 Å². The number of rotatable bonds is 3. The van der Waals surface area contributed by atoms with Crippen LogP contribution in [0.1, 0.15) is 18.9 Å². The van der Waals surface area contributed by atoms with Crippen LogP contribution >= 0.6 is 0 Å². The summed E-state index contributed by atoms with van der Waals surface area (Å²) < 4.78 is 0. The molecule has 1 aliphatic heterocycles. The Morgan fingerprint density at radius 1 is 1.43 bits per heavy atom. The lowest BCUT2D eigenvalue weighted by atomic mass is 10.0. The zero-order valence-corrected chi connectivity index (χ0v) is 12.3. The summed E-state index contributed by atoms with van der Waals surface area (Å²) in [6.45, 7) is 3.57. The van der Waals surface area contributed by atoms with Crippen molar-refractivity contribution >= 4 is 16.8 Å². The minimum atomic E-state index is -0.476. The number of para-hydroxylation sites is 1. The lowest BCUT2D eigenvalue weighted by Crippen LogP contribution is -2.46. The zero-order valence-electron chi connectivity index (χ0n) is 12.3. The van der Waals surface area contributed by atoms with E-state index in [1.165, 1.54) is 5.57 Å². The van der Waals surface area contributed by atoms with Crippen LogP contribution in [-0.4, -0.2) is 34.9 Å². The third kappa shape index (κ3) is 2.85. The summed E-state index contributed by atoms with van der Waals surface area (Å²) in [6, 6.07) is 7.62. The fourth-order valence-electron chi connectivity index (χ4n) is 2.83. The van der Waals surface area contributed by atoms with E-state index in [1.54, 1.807) is 0 Å². The zero-order chi connectivity index (χ0) is 14.8. The van der Waals surface area contributed by atoms with Crippen LogP contribution in [0.4, 0.5) is 0 Å². The van der Waals surface area contributed by atoms with Crippen LogP contribution in [-0.2, 0) is 11.2 Å². The lowest BCUT2D eigenvalue weighted by molar-refractivity contribution is -0.132. The van der Waals surface area contributed by atoms with Gasteiger partial charge in [-0.15, -0.1) is 0 Å². The molecule has 0 fully saturated rings. The van der Waals surface area contributed by atoms with Crippen LogP contribution in [0.15, 0.2) is 42.1 Å². The smallest absolute Gasteiger partial charge is 0.240 e. The Balaban J connectivity index is 1.71. The van der Waals surface area contributed by atoms with E-state index < -0.39 is 6.04 Å². The number of nitrogens with zero attached hydrogens (tertiary/aromatic N) is 1. The van der Waals surface area contributed by atoms with E-state index in [-0.39, 0.29) is 5.91 Å². The van der Waals surface area contributed by atoms with Crippen LogP contribution < -0.4 is 5.73 Å². The van der Waals surface area contributed by atoms with Gasteiger partial charge in [-0.2, -0.15) is 0 Å². The molecule has 2 aromatic rings. The second-order valence-corrected chi connectivity index (χ2v) is 5.75. The Morgan fingerprint density at radius 3 is 3.00 bits per heavy atom. The molecule has 21 heavy (non-hydrogen) atoms. The predicted molar refractivity (Wildman–Crippen MR) is 84.9 cm³/mol. The average Bonchev–Trinajstić information content (AvgIpc) is 2.91. The van der Waals surface area contributed by atoms with Gasteiger partial charge in [-0.05, 0) is 31.4 Å². The second kappa shape index (κ2) is 5.74. The maximum atomic E-state index is 12.4. The minimum absolute atomic E-state index is 0.0454. The molecule has 110 valence electrons. The van der Waals surface area contributed by atoms with Gasteiger partial charge >= 0.3 is 0 Å². The molecule has 4 heteroatoms. The van der Waals surface area contributed by atoms with Gasteiger partial charge in [-0.1, -0.05) is 29.8 Å². The molecule has 0 unspecified atom stereocenters. The summed E-state index contributed by atoms with van der Waals surface area (Å²) in [6.07, 6.45) is 5.59. The van der Waals surface area contributed by atoms with Gasteiger partial charge in [0, 0.05) is 30.2 Å². The van der Waals surface area contributed by atoms with E-state index in [0.29, 0.717) is 13.0 Å². The number of carbonyl (C=O) groups excluding carboxylic acids is 1. The van der Waals surface area contributed by atoms with Crippen LogP contribution in [0.25, 0.3) is 10.9 Å². The van der Waals surface area contributed by atoms with Gasteiger partial charge in [-0.25, -0.2) is 0 Å². The standard InChI is InChI=1S/C17H21N3O/c1-12-6-8-20(9-7-12)17(21)15(18)10-13-11-19-16-5-3-2-4-14(13)16/h2-6,11,15,19H,7-10,18H2,1H3/t15-/m0/s1. The molecule has 0 bridgehead atoms. The highest BCUT2D eigenvalue weighted by Crippen LogP contribution is 2.19. The van der Waals surface area contributed by atoms with Gasteiger partial charge in [0.15, 0.2) is 0 Å². The topological polar surface area (TPSA) is 62.1 Å². The summed E-state index contributed by atoms with van der Waals surface area (Å²) in [5, 5.41) is 1.15. The largest absolute Gasteiger partial charge is 0.361 e. The number of aromatic nitrogens is 1. The van der Waals surface area contributed by atoms with Crippen LogP contribution in [0.2, 0.25) is 0 Å². The molecule has 1 amide bonds. The van der Waals surface area contributed by atoms with Crippen LogP contribution in [0.5, 0.6) is 0 Å². The van der Waals surface area contributed by atoms with Crippen molar-refractivity contribution in [3.63, 3.8) is 0 Å². The molecule has 0 aliphatic carbocycles. The normalized spacial score (nSPS) is 16.9. The Kier molecular flexibility index (Phi) is 3.80. The Hall–Kier alpha value is -2.07. The Morgan fingerprint density at radius 2 is 2.24 bits per heavy atom. The maximum absolute atomic E-state index is 12.4. The van der Waals surface area contributed by atoms with Gasteiger partial charge in [-0.3, -0.25) is 4.79 Å². The first-order valence-electron chi connectivity index (χ1n) is 7.40. The number of hydrogen-bond acceptors (Lipinski definition) is 2. The first-order valence-corrected chi connectivity index (χ1v) is 7.40. The highest BCUT2D eigenvalue weighted by molar-refractivity contribution is 5.86. The highest BCUT2D eigenvalue weighted by Gasteiger charge is 2.23. The highest BCUT2D eigenvalue weighted by atomic mass is 16.2. The van der Waals surface area contributed by atoms with Crippen LogP contribution in [0.3, 0.4) is 0 Å². The van der Waals surface area contributed by atoms with Crippen molar-refractivity contribution in [3.05, 3.63) is 47.7 Å². The van der Waals surface area contributed by atoms with E-state index in [0.717, 1.165) is 29.4 Å². The van der Waals surface area contributed by atoms with Crippen LogP contribution in [0, 0.1) is 0 Å². The molecule has 1 aromatic carbocycles. The second-order valence-electron chi connectivity index (χ2n) is 5.75. The van der Waals surface area contributed by atoms with E-state index in [2.05, 4.69) is 24.1 Å². The first-order chi connectivity index (χ1) is 10.1. The van der Waals surface area contributed by atoms with Gasteiger partial charge < -0.3 is 15.6 Å². The summed E-state index contributed by atoms with van der Waals surface area (Å²) in [4.78, 5) is 17.5. The molecule has 1 aromatic heterocycles. The van der Waals surface area contributed by atoms with Gasteiger partial charge in [0.05, 0.1) is 6.04 Å². The number of H-pyrrole nitrogens is 1. The van der Waals surface area contributed by atoms with Gasteiger partial charge in [0.2, 0.25) is 5.91 Å². The van der Waals surface area contributed by atoms with Gasteiger partial charge in [0.25, 0.3) is 0 Å². The molecule has 0 spiro atoms. The third-order valence-corrected chi connectivity index (χ3v) is 4.18. The molecule has 2 heterocycles. The van der Waals surface area contributed by atoms with Gasteiger partial charge in [0.1, 0.15) is 0 Å². The number of aromatic amines is 1. The molecule has 3 N–H and O–H groups in total. The van der Waals surface area contributed by atoms with Crippen molar-refractivity contribution < 1.29 is 4.79 Å². The van der Waals surface area contributed by atoms with Crippen molar-refractivity contribution in [2.24, 2.45) is 5.73 Å². The quantitative estimate of drug-likeness (QED) is 0.848. The molecule has 1 atom stereocenters. The molecule has 1 aliphatic rings. The first kappa shape index (κ1) is 13.9. The number of fused-ring (bicyclic) bond motifs is 1. The molecular weight excluding hydrogens is 262 g/mol. The summed E-state index contributed by atoms with van der Waals surface area (Å²) >= 11 is 0. The molecule has 0 saturated heterocycles. The van der Waals surface area contributed by atoms with Crippen molar-refractivity contribution in [2.45, 2.75) is 25.8 Å².